The molecule has 1 unspecified atom stereocenters. The molecule has 1 saturated heterocycles. The molecular weight excluding hydrogens is 378 g/mol. The Morgan fingerprint density at radius 2 is 1.80 bits per heavy atom. The van der Waals surface area contributed by atoms with Gasteiger partial charge in [0.1, 0.15) is 0 Å². The van der Waals surface area contributed by atoms with Crippen LogP contribution in [0.5, 0.6) is 0 Å². The van der Waals surface area contributed by atoms with Crippen molar-refractivity contribution in [1.82, 2.24) is 15.0 Å². The number of hydrogen-bond acceptors (Lipinski definition) is 4. The molecule has 2 heterocycles. The first-order valence-electron chi connectivity index (χ1n) is 11.6. The van der Waals surface area contributed by atoms with Crippen LogP contribution in [0.2, 0.25) is 0 Å². The summed E-state index contributed by atoms with van der Waals surface area (Å²) in [4.78, 5) is 17.2. The first kappa shape index (κ1) is 22.3. The largest absolute Gasteiger partial charge is 0.465 e. The number of amides is 1. The molecule has 1 N–H and O–H groups in total. The SMILES string of the molecule is CCCCCCCCCCc1ccc(-c2noc(C3CCCN(C(=O)O)C3)n2)cc1. The van der Waals surface area contributed by atoms with Gasteiger partial charge in [0.05, 0.1) is 5.92 Å². The number of rotatable bonds is 11. The average Bonchev–Trinajstić information content (AvgIpc) is 3.26. The lowest BCUT2D eigenvalue weighted by atomic mass is 9.98. The third-order valence-corrected chi connectivity index (χ3v) is 6.01. The molecule has 6 nitrogen and oxygen atoms in total. The predicted molar refractivity (Wildman–Crippen MR) is 118 cm³/mol. The second kappa shape index (κ2) is 11.7. The van der Waals surface area contributed by atoms with Crippen molar-refractivity contribution in [3.05, 3.63) is 35.7 Å². The summed E-state index contributed by atoms with van der Waals surface area (Å²) < 4.78 is 5.46. The van der Waals surface area contributed by atoms with E-state index in [0.29, 0.717) is 24.8 Å². The normalized spacial score (nSPS) is 16.7. The summed E-state index contributed by atoms with van der Waals surface area (Å²) in [6.45, 7) is 3.26. The number of piperidine rings is 1. The van der Waals surface area contributed by atoms with Crippen LogP contribution in [0.25, 0.3) is 11.4 Å². The topological polar surface area (TPSA) is 79.5 Å². The summed E-state index contributed by atoms with van der Waals surface area (Å²) in [5.74, 6) is 1.10. The maximum Gasteiger partial charge on any atom is 0.407 e. The molecule has 1 aromatic carbocycles. The molecule has 30 heavy (non-hydrogen) atoms. The smallest absolute Gasteiger partial charge is 0.407 e. The van der Waals surface area contributed by atoms with Gasteiger partial charge in [-0.1, -0.05) is 81.3 Å². The second-order valence-electron chi connectivity index (χ2n) is 8.45. The third-order valence-electron chi connectivity index (χ3n) is 6.01. The molecule has 1 fully saturated rings. The molecule has 0 aliphatic carbocycles. The Labute approximate surface area is 179 Å². The zero-order chi connectivity index (χ0) is 21.2. The van der Waals surface area contributed by atoms with Crippen LogP contribution in [0.4, 0.5) is 4.79 Å². The van der Waals surface area contributed by atoms with Gasteiger partial charge >= 0.3 is 6.09 Å². The van der Waals surface area contributed by atoms with Gasteiger partial charge in [-0.05, 0) is 31.2 Å². The van der Waals surface area contributed by atoms with Crippen molar-refractivity contribution in [2.75, 3.05) is 13.1 Å². The van der Waals surface area contributed by atoms with Crippen molar-refractivity contribution < 1.29 is 14.4 Å². The molecule has 0 spiro atoms. The van der Waals surface area contributed by atoms with Gasteiger partial charge in [-0.25, -0.2) is 4.79 Å². The van der Waals surface area contributed by atoms with Gasteiger partial charge in [0, 0.05) is 18.7 Å². The zero-order valence-electron chi connectivity index (χ0n) is 18.2. The molecule has 0 bridgehead atoms. The molecule has 1 atom stereocenters. The molecule has 1 amide bonds. The van der Waals surface area contributed by atoms with Crippen LogP contribution in [0.1, 0.15) is 88.5 Å². The van der Waals surface area contributed by atoms with E-state index in [0.717, 1.165) is 24.8 Å². The van der Waals surface area contributed by atoms with Gasteiger partial charge in [0.25, 0.3) is 0 Å². The highest BCUT2D eigenvalue weighted by atomic mass is 16.5. The Bertz CT molecular complexity index is 772. The van der Waals surface area contributed by atoms with E-state index in [4.69, 9.17) is 4.52 Å². The van der Waals surface area contributed by atoms with Crippen LogP contribution in [0.3, 0.4) is 0 Å². The first-order chi connectivity index (χ1) is 14.7. The molecule has 2 aromatic rings. The van der Waals surface area contributed by atoms with Crippen LogP contribution >= 0.6 is 0 Å². The fraction of sp³-hybridized carbons (Fsp3) is 0.625. The van der Waals surface area contributed by atoms with Crippen LogP contribution < -0.4 is 0 Å². The summed E-state index contributed by atoms with van der Waals surface area (Å²) in [6.07, 6.45) is 12.6. The van der Waals surface area contributed by atoms with Crippen molar-refractivity contribution in [1.29, 1.82) is 0 Å². The quantitative estimate of drug-likeness (QED) is 0.439. The minimum atomic E-state index is -0.883. The van der Waals surface area contributed by atoms with Crippen LogP contribution in [0.15, 0.2) is 28.8 Å². The summed E-state index contributed by atoms with van der Waals surface area (Å²) in [6, 6.07) is 8.41. The standard InChI is InChI=1S/C24H35N3O3/c1-2-3-4-5-6-7-8-9-11-19-13-15-20(16-14-19)22-25-23(30-26-22)21-12-10-17-27(18-21)24(28)29/h13-16,21H,2-12,17-18H2,1H3,(H,28,29). The van der Waals surface area contributed by atoms with E-state index in [2.05, 4.69) is 41.3 Å². The Balaban J connectivity index is 1.44. The number of unbranched alkanes of at least 4 members (excludes halogenated alkanes) is 7. The number of aromatic nitrogens is 2. The van der Waals surface area contributed by atoms with Crippen molar-refractivity contribution in [2.24, 2.45) is 0 Å². The van der Waals surface area contributed by atoms with Gasteiger partial charge in [0.15, 0.2) is 0 Å². The van der Waals surface area contributed by atoms with Crippen molar-refractivity contribution in [3.63, 3.8) is 0 Å². The van der Waals surface area contributed by atoms with E-state index < -0.39 is 6.09 Å². The monoisotopic (exact) mass is 413 g/mol. The summed E-state index contributed by atoms with van der Waals surface area (Å²) in [5, 5.41) is 13.3. The van der Waals surface area contributed by atoms with E-state index in [1.165, 1.54) is 61.8 Å². The predicted octanol–water partition coefficient (Wildman–Crippen LogP) is 6.28. The van der Waals surface area contributed by atoms with Crippen molar-refractivity contribution in [2.45, 2.75) is 83.5 Å². The minimum absolute atomic E-state index is 0.0163. The zero-order valence-corrected chi connectivity index (χ0v) is 18.2. The van der Waals surface area contributed by atoms with E-state index in [1.807, 2.05) is 0 Å². The van der Waals surface area contributed by atoms with Gasteiger partial charge in [-0.15, -0.1) is 0 Å². The summed E-state index contributed by atoms with van der Waals surface area (Å²) in [7, 11) is 0. The van der Waals surface area contributed by atoms with Crippen molar-refractivity contribution in [3.8, 4) is 11.4 Å². The number of carbonyl (C=O) groups is 1. The molecule has 6 heteroatoms. The lowest BCUT2D eigenvalue weighted by molar-refractivity contribution is 0.126. The highest BCUT2D eigenvalue weighted by Gasteiger charge is 2.28. The fourth-order valence-corrected chi connectivity index (χ4v) is 4.15. The summed E-state index contributed by atoms with van der Waals surface area (Å²) in [5.41, 5.74) is 2.29. The van der Waals surface area contributed by atoms with E-state index in [-0.39, 0.29) is 5.92 Å². The number of nitrogens with zero attached hydrogens (tertiary/aromatic N) is 3. The van der Waals surface area contributed by atoms with E-state index >= 15 is 0 Å². The molecule has 164 valence electrons. The Morgan fingerprint density at radius 1 is 1.10 bits per heavy atom. The number of hydrogen-bond donors (Lipinski definition) is 1. The summed E-state index contributed by atoms with van der Waals surface area (Å²) >= 11 is 0. The molecule has 1 aliphatic rings. The molecule has 0 radical (unpaired) electrons. The number of benzene rings is 1. The van der Waals surface area contributed by atoms with Crippen molar-refractivity contribution >= 4 is 6.09 Å². The number of aryl methyl sites for hydroxylation is 1. The first-order valence-corrected chi connectivity index (χ1v) is 11.6. The number of likely N-dealkylation sites (tertiary alicyclic amines) is 1. The van der Waals surface area contributed by atoms with Crippen LogP contribution in [-0.2, 0) is 6.42 Å². The molecule has 3 rings (SSSR count). The van der Waals surface area contributed by atoms with E-state index in [9.17, 15) is 9.90 Å². The average molecular weight is 414 g/mol. The second-order valence-corrected chi connectivity index (χ2v) is 8.45. The van der Waals surface area contributed by atoms with Gasteiger partial charge in [0.2, 0.25) is 11.7 Å². The highest BCUT2D eigenvalue weighted by Crippen LogP contribution is 2.27. The van der Waals surface area contributed by atoms with Crippen LogP contribution in [-0.4, -0.2) is 39.3 Å². The molecule has 0 saturated carbocycles. The lowest BCUT2D eigenvalue weighted by Crippen LogP contribution is -2.38. The minimum Gasteiger partial charge on any atom is -0.465 e. The van der Waals surface area contributed by atoms with Gasteiger partial charge < -0.3 is 14.5 Å². The maximum atomic E-state index is 11.2. The molecule has 1 aliphatic heterocycles. The number of carboxylic acid groups (broad SMARTS) is 1. The molecule has 1 aromatic heterocycles. The Kier molecular flexibility index (Phi) is 8.72. The fourth-order valence-electron chi connectivity index (χ4n) is 4.15. The molecular formula is C24H35N3O3. The van der Waals surface area contributed by atoms with E-state index in [1.54, 1.807) is 0 Å². The van der Waals surface area contributed by atoms with Gasteiger partial charge in [-0.2, -0.15) is 4.98 Å². The lowest BCUT2D eigenvalue weighted by Gasteiger charge is -2.28. The van der Waals surface area contributed by atoms with Crippen LogP contribution in [0, 0.1) is 0 Å². The highest BCUT2D eigenvalue weighted by molar-refractivity contribution is 5.65. The Morgan fingerprint density at radius 3 is 2.50 bits per heavy atom. The van der Waals surface area contributed by atoms with Gasteiger partial charge in [-0.3, -0.25) is 0 Å². The third kappa shape index (κ3) is 6.57. The maximum absolute atomic E-state index is 11.2. The Hall–Kier alpha value is -2.37.